The molecule has 1 aromatic carbocycles. The zero-order valence-electron chi connectivity index (χ0n) is 18.9. The molecule has 0 bridgehead atoms. The molecule has 0 aliphatic carbocycles. The van der Waals surface area contributed by atoms with Gasteiger partial charge in [0.2, 0.25) is 11.9 Å². The second kappa shape index (κ2) is 10.9. The predicted molar refractivity (Wildman–Crippen MR) is 127 cm³/mol. The molecule has 1 N–H and O–H groups in total. The van der Waals surface area contributed by atoms with Gasteiger partial charge in [-0.2, -0.15) is 0 Å². The van der Waals surface area contributed by atoms with E-state index in [0.29, 0.717) is 5.92 Å². The number of amides is 1. The van der Waals surface area contributed by atoms with Crippen LogP contribution in [0.4, 0.5) is 5.95 Å². The van der Waals surface area contributed by atoms with Gasteiger partial charge in [-0.25, -0.2) is 9.97 Å². The zero-order valence-corrected chi connectivity index (χ0v) is 18.9. The highest BCUT2D eigenvalue weighted by Gasteiger charge is 2.25. The van der Waals surface area contributed by atoms with Crippen LogP contribution in [0.3, 0.4) is 0 Å². The molecule has 1 amide bonds. The summed E-state index contributed by atoms with van der Waals surface area (Å²) >= 11 is 0. The van der Waals surface area contributed by atoms with Crippen molar-refractivity contribution >= 4 is 17.8 Å². The van der Waals surface area contributed by atoms with Gasteiger partial charge in [0.05, 0.1) is 6.54 Å². The summed E-state index contributed by atoms with van der Waals surface area (Å²) in [7, 11) is 1.77. The fourth-order valence-electron chi connectivity index (χ4n) is 4.51. The van der Waals surface area contributed by atoms with Crippen LogP contribution in [0.2, 0.25) is 0 Å². The van der Waals surface area contributed by atoms with E-state index in [1.807, 2.05) is 11.0 Å². The summed E-state index contributed by atoms with van der Waals surface area (Å²) in [6, 6.07) is 12.5. The van der Waals surface area contributed by atoms with E-state index in [2.05, 4.69) is 60.4 Å². The maximum atomic E-state index is 12.8. The van der Waals surface area contributed by atoms with E-state index in [9.17, 15) is 4.79 Å². The highest BCUT2D eigenvalue weighted by molar-refractivity contribution is 5.86. The Hall–Kier alpha value is -3.16. The van der Waals surface area contributed by atoms with Gasteiger partial charge in [-0.1, -0.05) is 30.3 Å². The molecule has 0 unspecified atom stereocenters. The number of aliphatic imine (C=N–C) groups is 1. The molecule has 1 aromatic heterocycles. The highest BCUT2D eigenvalue weighted by Crippen LogP contribution is 2.21. The van der Waals surface area contributed by atoms with Crippen LogP contribution in [-0.4, -0.2) is 84.5 Å². The molecule has 0 radical (unpaired) electrons. The number of piperazine rings is 1. The number of guanidine groups is 1. The molecule has 170 valence electrons. The van der Waals surface area contributed by atoms with E-state index in [1.54, 1.807) is 19.4 Å². The maximum absolute atomic E-state index is 12.8. The summed E-state index contributed by atoms with van der Waals surface area (Å²) in [5.74, 6) is 2.36. The largest absolute Gasteiger partial charge is 0.347 e. The zero-order chi connectivity index (χ0) is 22.2. The monoisotopic (exact) mass is 435 g/mol. The number of aromatic nitrogens is 2. The number of nitrogens with one attached hydrogen (secondary N) is 1. The Labute approximate surface area is 190 Å². The van der Waals surface area contributed by atoms with Crippen LogP contribution < -0.4 is 10.2 Å². The van der Waals surface area contributed by atoms with Crippen LogP contribution in [0.5, 0.6) is 0 Å². The predicted octanol–water partition coefficient (Wildman–Crippen LogP) is 1.66. The third-order valence-electron chi connectivity index (χ3n) is 6.36. The van der Waals surface area contributed by atoms with Crippen LogP contribution in [-0.2, 0) is 11.2 Å². The average molecular weight is 436 g/mol. The van der Waals surface area contributed by atoms with Gasteiger partial charge in [-0.05, 0) is 36.8 Å². The number of carbonyl (C=O) groups is 1. The molecule has 32 heavy (non-hydrogen) atoms. The first-order valence-corrected chi connectivity index (χ1v) is 11.5. The fourth-order valence-corrected chi connectivity index (χ4v) is 4.51. The van der Waals surface area contributed by atoms with Crippen molar-refractivity contribution in [3.63, 3.8) is 0 Å². The number of anilines is 1. The van der Waals surface area contributed by atoms with Crippen molar-refractivity contribution in [2.75, 3.05) is 57.8 Å². The Balaban J connectivity index is 1.19. The van der Waals surface area contributed by atoms with E-state index in [4.69, 9.17) is 0 Å². The molecule has 3 heterocycles. The Kier molecular flexibility index (Phi) is 7.53. The molecule has 0 spiro atoms. The molecule has 2 fully saturated rings. The van der Waals surface area contributed by atoms with Crippen molar-refractivity contribution in [1.29, 1.82) is 0 Å². The summed E-state index contributed by atoms with van der Waals surface area (Å²) in [6.07, 6.45) is 6.78. The molecule has 8 nitrogen and oxygen atoms in total. The van der Waals surface area contributed by atoms with Gasteiger partial charge in [-0.15, -0.1) is 0 Å². The van der Waals surface area contributed by atoms with Gasteiger partial charge in [0.15, 0.2) is 5.96 Å². The van der Waals surface area contributed by atoms with Crippen molar-refractivity contribution < 1.29 is 4.79 Å². The lowest BCUT2D eigenvalue weighted by Crippen LogP contribution is -2.54. The van der Waals surface area contributed by atoms with Crippen molar-refractivity contribution in [1.82, 2.24) is 25.1 Å². The fraction of sp³-hybridized carbons (Fsp3) is 0.500. The highest BCUT2D eigenvalue weighted by atomic mass is 16.2. The number of hydrogen-bond donors (Lipinski definition) is 1. The molecule has 2 aromatic rings. The molecule has 2 saturated heterocycles. The number of nitrogens with zero attached hydrogens (tertiary/aromatic N) is 6. The van der Waals surface area contributed by atoms with Gasteiger partial charge >= 0.3 is 0 Å². The van der Waals surface area contributed by atoms with Crippen LogP contribution in [0.25, 0.3) is 0 Å². The van der Waals surface area contributed by atoms with Crippen molar-refractivity contribution in [3.05, 3.63) is 54.4 Å². The lowest BCUT2D eigenvalue weighted by Gasteiger charge is -2.37. The minimum atomic E-state index is 0.153. The van der Waals surface area contributed by atoms with Crippen LogP contribution in [0.1, 0.15) is 18.4 Å². The first-order chi connectivity index (χ1) is 15.7. The van der Waals surface area contributed by atoms with Gasteiger partial charge in [0, 0.05) is 58.7 Å². The minimum absolute atomic E-state index is 0.153. The number of rotatable bonds is 5. The molecular formula is C24H33N7O. The maximum Gasteiger partial charge on any atom is 0.241 e. The first-order valence-electron chi connectivity index (χ1n) is 11.5. The Morgan fingerprint density at radius 3 is 2.31 bits per heavy atom. The normalized spacial score (nSPS) is 18.0. The quantitative estimate of drug-likeness (QED) is 0.569. The second-order valence-corrected chi connectivity index (χ2v) is 8.44. The molecule has 2 aliphatic heterocycles. The van der Waals surface area contributed by atoms with Crippen LogP contribution >= 0.6 is 0 Å². The molecule has 2 aliphatic rings. The SMILES string of the molecule is CN=C(NCC(=O)N1CCC(Cc2ccccc2)CC1)N1CCN(c2ncccn2)CC1. The molecule has 4 rings (SSSR count). The van der Waals surface area contributed by atoms with Crippen molar-refractivity contribution in [3.8, 4) is 0 Å². The van der Waals surface area contributed by atoms with Crippen LogP contribution in [0.15, 0.2) is 53.8 Å². The lowest BCUT2D eigenvalue weighted by molar-refractivity contribution is -0.131. The van der Waals surface area contributed by atoms with Crippen LogP contribution in [0, 0.1) is 5.92 Å². The van der Waals surface area contributed by atoms with E-state index < -0.39 is 0 Å². The third kappa shape index (κ3) is 5.75. The minimum Gasteiger partial charge on any atom is -0.347 e. The number of piperidine rings is 1. The molecular weight excluding hydrogens is 402 g/mol. The summed E-state index contributed by atoms with van der Waals surface area (Å²) in [5.41, 5.74) is 1.39. The molecule has 0 atom stereocenters. The lowest BCUT2D eigenvalue weighted by atomic mass is 9.90. The topological polar surface area (TPSA) is 77.0 Å². The Bertz CT molecular complexity index is 874. The van der Waals surface area contributed by atoms with Gasteiger partial charge in [-0.3, -0.25) is 9.79 Å². The number of likely N-dealkylation sites (tertiary alicyclic amines) is 1. The number of carbonyl (C=O) groups excluding carboxylic acids is 1. The summed E-state index contributed by atoms with van der Waals surface area (Å²) in [6.45, 7) is 5.26. The van der Waals surface area contributed by atoms with E-state index in [0.717, 1.165) is 70.4 Å². The van der Waals surface area contributed by atoms with Crippen molar-refractivity contribution in [2.45, 2.75) is 19.3 Å². The average Bonchev–Trinajstić information content (AvgIpc) is 2.86. The van der Waals surface area contributed by atoms with Gasteiger partial charge < -0.3 is 20.0 Å². The van der Waals surface area contributed by atoms with Gasteiger partial charge in [0.1, 0.15) is 0 Å². The number of hydrogen-bond acceptors (Lipinski definition) is 5. The number of benzene rings is 1. The Morgan fingerprint density at radius 1 is 0.969 bits per heavy atom. The molecule has 0 saturated carbocycles. The van der Waals surface area contributed by atoms with E-state index in [-0.39, 0.29) is 12.5 Å². The van der Waals surface area contributed by atoms with Gasteiger partial charge in [0.25, 0.3) is 0 Å². The Morgan fingerprint density at radius 2 is 1.66 bits per heavy atom. The van der Waals surface area contributed by atoms with Crippen molar-refractivity contribution in [2.24, 2.45) is 10.9 Å². The third-order valence-corrected chi connectivity index (χ3v) is 6.36. The smallest absolute Gasteiger partial charge is 0.241 e. The second-order valence-electron chi connectivity index (χ2n) is 8.44. The van der Waals surface area contributed by atoms with E-state index >= 15 is 0 Å². The van der Waals surface area contributed by atoms with E-state index in [1.165, 1.54) is 5.56 Å². The summed E-state index contributed by atoms with van der Waals surface area (Å²) < 4.78 is 0. The summed E-state index contributed by atoms with van der Waals surface area (Å²) in [4.78, 5) is 32.2. The standard InChI is InChI=1S/C24H33N7O/c1-25-23(30-14-16-31(17-15-30)24-26-10-5-11-27-24)28-19-22(32)29-12-8-21(9-13-29)18-20-6-3-2-4-7-20/h2-7,10-11,21H,8-9,12-19H2,1H3,(H,25,28). The first kappa shape index (κ1) is 22.0. The summed E-state index contributed by atoms with van der Waals surface area (Å²) in [5, 5.41) is 3.28. The molecule has 8 heteroatoms.